The van der Waals surface area contributed by atoms with Crippen LogP contribution < -0.4 is 0 Å². The van der Waals surface area contributed by atoms with Gasteiger partial charge in [-0.1, -0.05) is 11.6 Å². The normalized spacial score (nSPS) is 9.88. The summed E-state index contributed by atoms with van der Waals surface area (Å²) in [5, 5.41) is 4.45. The van der Waals surface area contributed by atoms with E-state index < -0.39 is 0 Å². The minimum atomic E-state index is 0.560. The molecule has 0 bridgehead atoms. The second kappa shape index (κ2) is 1.78. The Labute approximate surface area is 53.1 Å². The largest absolute Gasteiger partial charge is 0.271 e. The van der Waals surface area contributed by atoms with Crippen molar-refractivity contribution in [3.8, 4) is 0 Å². The van der Waals surface area contributed by atoms with Gasteiger partial charge in [-0.05, 0) is 13.0 Å². The first-order valence-corrected chi connectivity index (χ1v) is 2.74. The third-order valence-electron chi connectivity index (χ3n) is 1.08. The second-order valence-electron chi connectivity index (χ2n) is 1.73. The minimum Gasteiger partial charge on any atom is -0.271 e. The fourth-order valence-corrected chi connectivity index (χ4v) is 0.788. The average molecular weight is 131 g/mol. The Morgan fingerprint density at radius 2 is 2.38 bits per heavy atom. The quantitative estimate of drug-likeness (QED) is 0.519. The summed E-state index contributed by atoms with van der Waals surface area (Å²) in [6.45, 7) is 1.96. The third kappa shape index (κ3) is 0.842. The molecule has 44 valence electrons. The molecule has 0 radical (unpaired) electrons. The standard InChI is InChI=1S/C5H7ClN2/c1-4-3-5(6)7-8(4)2/h3H,1-2H3. The van der Waals surface area contributed by atoms with Crippen molar-refractivity contribution in [2.75, 3.05) is 0 Å². The highest BCUT2D eigenvalue weighted by atomic mass is 35.5. The monoisotopic (exact) mass is 130 g/mol. The molecule has 0 aliphatic heterocycles. The molecule has 1 heterocycles. The van der Waals surface area contributed by atoms with Gasteiger partial charge in [-0.25, -0.2) is 0 Å². The van der Waals surface area contributed by atoms with Crippen molar-refractivity contribution in [2.45, 2.75) is 6.92 Å². The molecular formula is C5H7ClN2. The summed E-state index contributed by atoms with van der Waals surface area (Å²) in [6, 6.07) is 1.82. The van der Waals surface area contributed by atoms with Crippen LogP contribution in [-0.2, 0) is 7.05 Å². The number of halogens is 1. The number of nitrogens with zero attached hydrogens (tertiary/aromatic N) is 2. The first-order chi connectivity index (χ1) is 3.70. The molecule has 1 aromatic heterocycles. The van der Waals surface area contributed by atoms with Crippen molar-refractivity contribution in [3.63, 3.8) is 0 Å². The van der Waals surface area contributed by atoms with Gasteiger partial charge < -0.3 is 0 Å². The van der Waals surface area contributed by atoms with E-state index in [-0.39, 0.29) is 0 Å². The molecule has 0 spiro atoms. The molecule has 0 unspecified atom stereocenters. The number of aromatic nitrogens is 2. The molecule has 0 aliphatic carbocycles. The average Bonchev–Trinajstić information content (AvgIpc) is 1.85. The fourth-order valence-electron chi connectivity index (χ4n) is 0.517. The van der Waals surface area contributed by atoms with Crippen LogP contribution in [0.3, 0.4) is 0 Å². The van der Waals surface area contributed by atoms with Crippen LogP contribution in [-0.4, -0.2) is 9.78 Å². The second-order valence-corrected chi connectivity index (χ2v) is 2.12. The lowest BCUT2D eigenvalue weighted by molar-refractivity contribution is 0.740. The van der Waals surface area contributed by atoms with Gasteiger partial charge >= 0.3 is 0 Å². The van der Waals surface area contributed by atoms with E-state index in [1.54, 1.807) is 4.68 Å². The number of rotatable bonds is 0. The lowest BCUT2D eigenvalue weighted by Gasteiger charge is -1.87. The van der Waals surface area contributed by atoms with Gasteiger partial charge in [0.25, 0.3) is 0 Å². The predicted octanol–water partition coefficient (Wildman–Crippen LogP) is 1.38. The lowest BCUT2D eigenvalue weighted by atomic mass is 10.5. The molecule has 0 N–H and O–H groups in total. The summed E-state index contributed by atoms with van der Waals surface area (Å²) in [5.74, 6) is 0. The third-order valence-corrected chi connectivity index (χ3v) is 1.27. The fraction of sp³-hybridized carbons (Fsp3) is 0.400. The maximum Gasteiger partial charge on any atom is 0.151 e. The van der Waals surface area contributed by atoms with Gasteiger partial charge in [-0.2, -0.15) is 5.10 Å². The van der Waals surface area contributed by atoms with Crippen molar-refractivity contribution in [1.29, 1.82) is 0 Å². The molecule has 2 nitrogen and oxygen atoms in total. The zero-order chi connectivity index (χ0) is 6.15. The van der Waals surface area contributed by atoms with Crippen LogP contribution in [0.25, 0.3) is 0 Å². The summed E-state index contributed by atoms with van der Waals surface area (Å²) in [4.78, 5) is 0. The summed E-state index contributed by atoms with van der Waals surface area (Å²) in [6.07, 6.45) is 0. The Hall–Kier alpha value is -0.500. The predicted molar refractivity (Wildman–Crippen MR) is 33.0 cm³/mol. The van der Waals surface area contributed by atoms with E-state index in [9.17, 15) is 0 Å². The van der Waals surface area contributed by atoms with E-state index in [0.29, 0.717) is 5.15 Å². The van der Waals surface area contributed by atoms with Gasteiger partial charge in [0.1, 0.15) is 0 Å². The Balaban J connectivity index is 3.14. The van der Waals surface area contributed by atoms with Gasteiger partial charge in [0.05, 0.1) is 0 Å². The highest BCUT2D eigenvalue weighted by Gasteiger charge is 1.93. The first kappa shape index (κ1) is 5.63. The summed E-state index contributed by atoms with van der Waals surface area (Å²) < 4.78 is 1.74. The SMILES string of the molecule is Cc1cc(Cl)nn1C. The van der Waals surface area contributed by atoms with Crippen molar-refractivity contribution >= 4 is 11.6 Å². The molecule has 8 heavy (non-hydrogen) atoms. The number of hydrogen-bond donors (Lipinski definition) is 0. The lowest BCUT2D eigenvalue weighted by Crippen LogP contribution is -1.90. The Kier molecular flexibility index (Phi) is 1.26. The van der Waals surface area contributed by atoms with Crippen LogP contribution in [0.5, 0.6) is 0 Å². The number of hydrogen-bond acceptors (Lipinski definition) is 1. The summed E-state index contributed by atoms with van der Waals surface area (Å²) in [5.41, 5.74) is 1.08. The molecule has 0 fully saturated rings. The smallest absolute Gasteiger partial charge is 0.151 e. The molecular weight excluding hydrogens is 124 g/mol. The van der Waals surface area contributed by atoms with Crippen LogP contribution in [0, 0.1) is 6.92 Å². The van der Waals surface area contributed by atoms with Gasteiger partial charge in [0.2, 0.25) is 0 Å². The van der Waals surface area contributed by atoms with Crippen molar-refractivity contribution in [2.24, 2.45) is 7.05 Å². The molecule has 0 saturated carbocycles. The molecule has 0 aromatic carbocycles. The number of aryl methyl sites for hydroxylation is 2. The molecule has 0 amide bonds. The van der Waals surface area contributed by atoms with E-state index in [4.69, 9.17) is 11.6 Å². The van der Waals surface area contributed by atoms with Crippen molar-refractivity contribution in [1.82, 2.24) is 9.78 Å². The van der Waals surface area contributed by atoms with E-state index in [2.05, 4.69) is 5.10 Å². The highest BCUT2D eigenvalue weighted by molar-refractivity contribution is 6.29. The van der Waals surface area contributed by atoms with Gasteiger partial charge in [-0.15, -0.1) is 0 Å². The molecule has 1 rings (SSSR count). The molecule has 0 aliphatic rings. The maximum atomic E-state index is 5.53. The van der Waals surface area contributed by atoms with Gasteiger partial charge in [-0.3, -0.25) is 4.68 Å². The van der Waals surface area contributed by atoms with Gasteiger partial charge in [0, 0.05) is 12.7 Å². The summed E-state index contributed by atoms with van der Waals surface area (Å²) in [7, 11) is 1.86. The topological polar surface area (TPSA) is 17.8 Å². The Bertz CT molecular complexity index is 173. The minimum absolute atomic E-state index is 0.560. The first-order valence-electron chi connectivity index (χ1n) is 2.36. The van der Waals surface area contributed by atoms with Crippen LogP contribution in [0.4, 0.5) is 0 Å². The maximum absolute atomic E-state index is 5.53. The zero-order valence-corrected chi connectivity index (χ0v) is 5.61. The molecule has 3 heteroatoms. The highest BCUT2D eigenvalue weighted by Crippen LogP contribution is 2.05. The van der Waals surface area contributed by atoms with Crippen LogP contribution >= 0.6 is 11.6 Å². The van der Waals surface area contributed by atoms with E-state index in [1.165, 1.54) is 0 Å². The summed E-state index contributed by atoms with van der Waals surface area (Å²) >= 11 is 5.53. The van der Waals surface area contributed by atoms with Crippen molar-refractivity contribution in [3.05, 3.63) is 16.9 Å². The molecule has 0 saturated heterocycles. The van der Waals surface area contributed by atoms with Gasteiger partial charge in [0.15, 0.2) is 5.15 Å². The molecule has 1 aromatic rings. The Morgan fingerprint density at radius 1 is 1.75 bits per heavy atom. The Morgan fingerprint density at radius 3 is 2.50 bits per heavy atom. The van der Waals surface area contributed by atoms with Crippen LogP contribution in [0.2, 0.25) is 5.15 Å². The zero-order valence-electron chi connectivity index (χ0n) is 4.85. The van der Waals surface area contributed by atoms with Crippen LogP contribution in [0.1, 0.15) is 5.69 Å². The molecule has 0 atom stereocenters. The van der Waals surface area contributed by atoms with E-state index in [0.717, 1.165) is 5.69 Å². The van der Waals surface area contributed by atoms with E-state index in [1.807, 2.05) is 20.0 Å². The van der Waals surface area contributed by atoms with E-state index >= 15 is 0 Å². The van der Waals surface area contributed by atoms with Crippen molar-refractivity contribution < 1.29 is 0 Å². The van der Waals surface area contributed by atoms with Crippen LogP contribution in [0.15, 0.2) is 6.07 Å².